The van der Waals surface area contributed by atoms with Crippen LogP contribution in [-0.4, -0.2) is 33.6 Å². The highest BCUT2D eigenvalue weighted by atomic mass is 32.2. The van der Waals surface area contributed by atoms with Gasteiger partial charge in [-0.25, -0.2) is 0 Å². The van der Waals surface area contributed by atoms with Crippen LogP contribution in [0.1, 0.15) is 38.3 Å². The third-order valence-corrected chi connectivity index (χ3v) is 4.34. The third-order valence-electron chi connectivity index (χ3n) is 3.27. The van der Waals surface area contributed by atoms with Crippen LogP contribution in [0.4, 0.5) is 0 Å². The average Bonchev–Trinajstić information content (AvgIpc) is 2.78. The summed E-state index contributed by atoms with van der Waals surface area (Å²) in [5.41, 5.74) is 2.23. The van der Waals surface area contributed by atoms with Gasteiger partial charge >= 0.3 is 5.97 Å². The second-order valence-electron chi connectivity index (χ2n) is 6.22. The molecule has 1 saturated heterocycles. The van der Waals surface area contributed by atoms with Gasteiger partial charge in [-0.1, -0.05) is 56.8 Å². The van der Waals surface area contributed by atoms with Crippen LogP contribution in [0.5, 0.6) is 0 Å². The van der Waals surface area contributed by atoms with Crippen LogP contribution in [0.2, 0.25) is 0 Å². The third kappa shape index (κ3) is 4.92. The van der Waals surface area contributed by atoms with Crippen LogP contribution in [-0.2, 0) is 15.0 Å². The van der Waals surface area contributed by atoms with Gasteiger partial charge in [0.2, 0.25) is 5.91 Å². The second-order valence-corrected chi connectivity index (χ2v) is 7.41. The minimum atomic E-state index is -1.01. The first-order valence-electron chi connectivity index (χ1n) is 7.16. The van der Waals surface area contributed by atoms with E-state index in [4.69, 9.17) is 5.11 Å². The van der Waals surface area contributed by atoms with Gasteiger partial charge in [0.15, 0.2) is 5.17 Å². The lowest BCUT2D eigenvalue weighted by atomic mass is 9.87. The molecule has 0 spiro atoms. The first kappa shape index (κ1) is 17.2. The van der Waals surface area contributed by atoms with Gasteiger partial charge in [-0.2, -0.15) is 5.10 Å². The van der Waals surface area contributed by atoms with Gasteiger partial charge in [0.1, 0.15) is 5.25 Å². The van der Waals surface area contributed by atoms with Crippen molar-refractivity contribution in [3.63, 3.8) is 0 Å². The number of rotatable bonds is 4. The highest BCUT2D eigenvalue weighted by molar-refractivity contribution is 8.15. The Morgan fingerprint density at radius 1 is 1.35 bits per heavy atom. The lowest BCUT2D eigenvalue weighted by Gasteiger charge is -2.18. The van der Waals surface area contributed by atoms with Gasteiger partial charge in [0, 0.05) is 0 Å². The van der Waals surface area contributed by atoms with Crippen LogP contribution >= 0.6 is 11.8 Å². The molecule has 0 saturated carbocycles. The molecule has 1 amide bonds. The van der Waals surface area contributed by atoms with Crippen LogP contribution in [0, 0.1) is 0 Å². The number of amidine groups is 1. The number of amides is 1. The molecule has 1 unspecified atom stereocenters. The van der Waals surface area contributed by atoms with Gasteiger partial charge in [0.25, 0.3) is 0 Å². The van der Waals surface area contributed by atoms with Gasteiger partial charge < -0.3 is 10.4 Å². The SMILES string of the molecule is CC(C)(C)c1ccc(/C=N/N=C2\NC(=O)C(CC(=O)O)S2)cc1. The maximum Gasteiger partial charge on any atom is 0.305 e. The van der Waals surface area contributed by atoms with E-state index in [1.807, 2.05) is 24.3 Å². The normalized spacial score (nSPS) is 20.2. The number of benzene rings is 1. The molecule has 2 N–H and O–H groups in total. The zero-order chi connectivity index (χ0) is 17.0. The Balaban J connectivity index is 1.99. The number of hydrogen-bond donors (Lipinski definition) is 2. The zero-order valence-corrected chi connectivity index (χ0v) is 14.1. The molecular formula is C16H19N3O3S. The molecule has 0 aromatic heterocycles. The van der Waals surface area contributed by atoms with Crippen molar-refractivity contribution in [2.24, 2.45) is 10.2 Å². The first-order chi connectivity index (χ1) is 10.8. The van der Waals surface area contributed by atoms with Crippen molar-refractivity contribution in [1.29, 1.82) is 0 Å². The Bertz CT molecular complexity index is 660. The van der Waals surface area contributed by atoms with E-state index in [0.717, 1.165) is 17.3 Å². The Labute approximate surface area is 139 Å². The number of thioether (sulfide) groups is 1. The predicted molar refractivity (Wildman–Crippen MR) is 91.9 cm³/mol. The van der Waals surface area contributed by atoms with E-state index < -0.39 is 11.2 Å². The number of nitrogens with zero attached hydrogens (tertiary/aromatic N) is 2. The molecule has 0 aliphatic carbocycles. The molecule has 1 aromatic rings. The van der Waals surface area contributed by atoms with Crippen LogP contribution in [0.3, 0.4) is 0 Å². The molecule has 1 atom stereocenters. The van der Waals surface area contributed by atoms with Gasteiger partial charge in [0.05, 0.1) is 12.6 Å². The summed E-state index contributed by atoms with van der Waals surface area (Å²) >= 11 is 1.08. The maximum absolute atomic E-state index is 11.6. The van der Waals surface area contributed by atoms with Gasteiger partial charge in [-0.3, -0.25) is 9.59 Å². The monoisotopic (exact) mass is 333 g/mol. The molecule has 6 nitrogen and oxygen atoms in total. The summed E-state index contributed by atoms with van der Waals surface area (Å²) in [6.45, 7) is 6.45. The Hall–Kier alpha value is -2.15. The fourth-order valence-corrected chi connectivity index (χ4v) is 2.88. The number of carboxylic acid groups (broad SMARTS) is 1. The summed E-state index contributed by atoms with van der Waals surface area (Å²) < 4.78 is 0. The molecule has 122 valence electrons. The molecule has 1 fully saturated rings. The lowest BCUT2D eigenvalue weighted by molar-refractivity contribution is -0.138. The number of hydrogen-bond acceptors (Lipinski definition) is 5. The fraction of sp³-hybridized carbons (Fsp3) is 0.375. The van der Waals surface area contributed by atoms with Crippen molar-refractivity contribution in [2.75, 3.05) is 0 Å². The molecule has 1 aromatic carbocycles. The molecule has 7 heteroatoms. The van der Waals surface area contributed by atoms with Crippen LogP contribution in [0.15, 0.2) is 34.5 Å². The summed E-state index contributed by atoms with van der Waals surface area (Å²) in [6, 6.07) is 8.00. The molecule has 2 rings (SSSR count). The summed E-state index contributed by atoms with van der Waals surface area (Å²) in [5.74, 6) is -1.36. The van der Waals surface area contributed by atoms with Crippen LogP contribution in [0.25, 0.3) is 0 Å². The van der Waals surface area contributed by atoms with Crippen LogP contribution < -0.4 is 5.32 Å². The minimum Gasteiger partial charge on any atom is -0.481 e. The lowest BCUT2D eigenvalue weighted by Crippen LogP contribution is -2.26. The summed E-state index contributed by atoms with van der Waals surface area (Å²) in [5, 5.41) is 18.8. The number of carboxylic acids is 1. The van der Waals surface area contributed by atoms with E-state index >= 15 is 0 Å². The quantitative estimate of drug-likeness (QED) is 0.654. The Morgan fingerprint density at radius 2 is 2.00 bits per heavy atom. The standard InChI is InChI=1S/C16H19N3O3S/c1-16(2,3)11-6-4-10(5-7-11)9-17-19-15-18-14(22)12(23-15)8-13(20)21/h4-7,9,12H,8H2,1-3H3,(H,20,21)(H,18,19,22)/b17-9+. The van der Waals surface area contributed by atoms with Crippen molar-refractivity contribution >= 4 is 35.0 Å². The molecule has 1 aliphatic rings. The summed E-state index contributed by atoms with van der Waals surface area (Å²) in [7, 11) is 0. The average molecular weight is 333 g/mol. The fourth-order valence-electron chi connectivity index (χ4n) is 1.96. The van der Waals surface area contributed by atoms with E-state index in [1.165, 1.54) is 5.56 Å². The molecule has 0 bridgehead atoms. The number of nitrogens with one attached hydrogen (secondary N) is 1. The summed E-state index contributed by atoms with van der Waals surface area (Å²) in [4.78, 5) is 22.2. The number of carbonyl (C=O) groups excluding carboxylic acids is 1. The van der Waals surface area contributed by atoms with Crippen molar-refractivity contribution in [2.45, 2.75) is 37.9 Å². The molecule has 1 heterocycles. The minimum absolute atomic E-state index is 0.0970. The largest absolute Gasteiger partial charge is 0.481 e. The summed E-state index contributed by atoms with van der Waals surface area (Å²) in [6.07, 6.45) is 1.37. The molecule has 1 aliphatic heterocycles. The Morgan fingerprint density at radius 3 is 2.57 bits per heavy atom. The van der Waals surface area contributed by atoms with E-state index in [0.29, 0.717) is 5.17 Å². The maximum atomic E-state index is 11.6. The Kier molecular flexibility index (Phi) is 5.20. The van der Waals surface area contributed by atoms with Crippen molar-refractivity contribution in [1.82, 2.24) is 5.32 Å². The van der Waals surface area contributed by atoms with Gasteiger partial charge in [-0.05, 0) is 16.5 Å². The first-order valence-corrected chi connectivity index (χ1v) is 8.04. The van der Waals surface area contributed by atoms with E-state index in [9.17, 15) is 9.59 Å². The zero-order valence-electron chi connectivity index (χ0n) is 13.2. The van der Waals surface area contributed by atoms with Crippen molar-refractivity contribution in [3.8, 4) is 0 Å². The topological polar surface area (TPSA) is 91.1 Å². The predicted octanol–water partition coefficient (Wildman–Crippen LogP) is 2.38. The smallest absolute Gasteiger partial charge is 0.305 e. The highest BCUT2D eigenvalue weighted by Gasteiger charge is 2.32. The van der Waals surface area contributed by atoms with Crippen molar-refractivity contribution < 1.29 is 14.7 Å². The molecular weight excluding hydrogens is 314 g/mol. The molecule has 23 heavy (non-hydrogen) atoms. The van der Waals surface area contributed by atoms with Gasteiger partial charge in [-0.15, -0.1) is 5.10 Å². The molecule has 0 radical (unpaired) electrons. The number of carbonyl (C=O) groups is 2. The van der Waals surface area contributed by atoms with E-state index in [-0.39, 0.29) is 17.7 Å². The van der Waals surface area contributed by atoms with E-state index in [1.54, 1.807) is 6.21 Å². The highest BCUT2D eigenvalue weighted by Crippen LogP contribution is 2.23. The van der Waals surface area contributed by atoms with Crippen molar-refractivity contribution in [3.05, 3.63) is 35.4 Å². The second kappa shape index (κ2) is 6.95. The van der Waals surface area contributed by atoms with E-state index in [2.05, 4.69) is 36.3 Å². The number of aliphatic carboxylic acids is 1.